The van der Waals surface area contributed by atoms with Crippen LogP contribution in [0.15, 0.2) is 12.7 Å². The molecule has 1 aliphatic rings. The van der Waals surface area contributed by atoms with Crippen molar-refractivity contribution in [3.63, 3.8) is 0 Å². The van der Waals surface area contributed by atoms with E-state index in [-0.39, 0.29) is 0 Å². The minimum atomic E-state index is 0.397. The molecule has 0 radical (unpaired) electrons. The summed E-state index contributed by atoms with van der Waals surface area (Å²) in [6.45, 7) is 7.83. The molecule has 0 amide bonds. The third-order valence-corrected chi connectivity index (χ3v) is 2.37. The number of nitrogens with one attached hydrogen (secondary N) is 1. The average molecular weight is 169 g/mol. The van der Waals surface area contributed by atoms with Gasteiger partial charge in [-0.1, -0.05) is 6.08 Å². The normalized spacial score (nSPS) is 29.1. The molecule has 1 saturated heterocycles. The number of hydrogen-bond donors (Lipinski definition) is 1. The zero-order valence-corrected chi connectivity index (χ0v) is 7.88. The van der Waals surface area contributed by atoms with Crippen molar-refractivity contribution in [1.82, 2.24) is 5.32 Å². The van der Waals surface area contributed by atoms with E-state index in [2.05, 4.69) is 18.8 Å². The molecular formula is C10H19NO. The van der Waals surface area contributed by atoms with Crippen molar-refractivity contribution < 1.29 is 4.74 Å². The maximum atomic E-state index is 5.44. The number of rotatable bonds is 5. The summed E-state index contributed by atoms with van der Waals surface area (Å²) < 4.78 is 5.44. The van der Waals surface area contributed by atoms with Crippen LogP contribution in [-0.2, 0) is 4.74 Å². The van der Waals surface area contributed by atoms with Crippen LogP contribution in [0.3, 0.4) is 0 Å². The second-order valence-electron chi connectivity index (χ2n) is 3.36. The van der Waals surface area contributed by atoms with Gasteiger partial charge in [-0.3, -0.25) is 0 Å². The largest absolute Gasteiger partial charge is 0.377 e. The molecule has 70 valence electrons. The fourth-order valence-electron chi connectivity index (χ4n) is 1.53. The summed E-state index contributed by atoms with van der Waals surface area (Å²) in [6, 6.07) is 0.579. The summed E-state index contributed by atoms with van der Waals surface area (Å²) in [5.74, 6) is 0. The Balaban J connectivity index is 2.02. The van der Waals surface area contributed by atoms with Crippen molar-refractivity contribution in [1.29, 1.82) is 0 Å². The summed E-state index contributed by atoms with van der Waals surface area (Å²) >= 11 is 0. The zero-order valence-electron chi connectivity index (χ0n) is 7.88. The topological polar surface area (TPSA) is 21.3 Å². The third kappa shape index (κ3) is 2.95. The van der Waals surface area contributed by atoms with Crippen LogP contribution in [0.1, 0.15) is 26.2 Å². The predicted octanol–water partition coefficient (Wildman–Crippen LogP) is 1.72. The van der Waals surface area contributed by atoms with Crippen molar-refractivity contribution >= 4 is 0 Å². The summed E-state index contributed by atoms with van der Waals surface area (Å²) in [5, 5.41) is 3.49. The molecule has 2 heteroatoms. The van der Waals surface area contributed by atoms with Crippen molar-refractivity contribution in [2.24, 2.45) is 0 Å². The molecule has 2 nitrogen and oxygen atoms in total. The highest BCUT2D eigenvalue weighted by atomic mass is 16.5. The second-order valence-corrected chi connectivity index (χ2v) is 3.36. The van der Waals surface area contributed by atoms with Gasteiger partial charge in [-0.15, -0.1) is 6.58 Å². The van der Waals surface area contributed by atoms with Gasteiger partial charge in [0.05, 0.1) is 6.10 Å². The monoisotopic (exact) mass is 169 g/mol. The van der Waals surface area contributed by atoms with Crippen LogP contribution in [0, 0.1) is 0 Å². The Hall–Kier alpha value is -0.340. The Morgan fingerprint density at radius 2 is 2.50 bits per heavy atom. The number of ether oxygens (including phenoxy) is 1. The molecule has 0 aromatic carbocycles. The van der Waals surface area contributed by atoms with E-state index in [0.29, 0.717) is 12.1 Å². The molecule has 0 bridgehead atoms. The standard InChI is InChI=1S/C10H19NO/c1-3-4-5-7-11-10-6-8-12-9(10)2/h3,9-11H,1,4-8H2,2H3. The molecule has 2 unspecified atom stereocenters. The Labute approximate surface area is 75.0 Å². The van der Waals surface area contributed by atoms with Gasteiger partial charge in [-0.25, -0.2) is 0 Å². The second kappa shape index (κ2) is 5.33. The average Bonchev–Trinajstić information content (AvgIpc) is 2.46. The van der Waals surface area contributed by atoms with Gasteiger partial charge in [-0.2, -0.15) is 0 Å². The maximum absolute atomic E-state index is 5.44. The molecular weight excluding hydrogens is 150 g/mol. The molecule has 1 rings (SSSR count). The molecule has 0 aliphatic carbocycles. The molecule has 12 heavy (non-hydrogen) atoms. The van der Waals surface area contributed by atoms with Crippen LogP contribution >= 0.6 is 0 Å². The molecule has 1 heterocycles. The molecule has 1 aliphatic heterocycles. The van der Waals surface area contributed by atoms with Gasteiger partial charge in [0, 0.05) is 12.6 Å². The van der Waals surface area contributed by atoms with Gasteiger partial charge in [0.15, 0.2) is 0 Å². The number of unbranched alkanes of at least 4 members (excludes halogenated alkanes) is 1. The van der Waals surface area contributed by atoms with Gasteiger partial charge in [0.1, 0.15) is 0 Å². The highest BCUT2D eigenvalue weighted by molar-refractivity contribution is 4.79. The van der Waals surface area contributed by atoms with Gasteiger partial charge in [-0.05, 0) is 32.7 Å². The van der Waals surface area contributed by atoms with Gasteiger partial charge in [0.25, 0.3) is 0 Å². The van der Waals surface area contributed by atoms with Crippen molar-refractivity contribution in [3.8, 4) is 0 Å². The first-order valence-corrected chi connectivity index (χ1v) is 4.80. The third-order valence-electron chi connectivity index (χ3n) is 2.37. The Morgan fingerprint density at radius 1 is 1.67 bits per heavy atom. The zero-order chi connectivity index (χ0) is 8.81. The van der Waals surface area contributed by atoms with Crippen molar-refractivity contribution in [2.45, 2.75) is 38.3 Å². The van der Waals surface area contributed by atoms with E-state index in [1.807, 2.05) is 6.08 Å². The summed E-state index contributed by atoms with van der Waals surface area (Å²) in [4.78, 5) is 0. The molecule has 0 aromatic rings. The van der Waals surface area contributed by atoms with Crippen LogP contribution in [0.25, 0.3) is 0 Å². The molecule has 2 atom stereocenters. The lowest BCUT2D eigenvalue weighted by Crippen LogP contribution is -2.35. The van der Waals surface area contributed by atoms with Crippen LogP contribution in [-0.4, -0.2) is 25.3 Å². The van der Waals surface area contributed by atoms with Gasteiger partial charge in [0.2, 0.25) is 0 Å². The molecule has 0 spiro atoms. The Kier molecular flexibility index (Phi) is 4.33. The highest BCUT2D eigenvalue weighted by Gasteiger charge is 2.22. The molecule has 0 saturated carbocycles. The molecule has 0 aromatic heterocycles. The quantitative estimate of drug-likeness (QED) is 0.500. The Morgan fingerprint density at radius 3 is 3.08 bits per heavy atom. The van der Waals surface area contributed by atoms with E-state index in [4.69, 9.17) is 4.74 Å². The van der Waals surface area contributed by atoms with E-state index >= 15 is 0 Å². The van der Waals surface area contributed by atoms with E-state index < -0.39 is 0 Å². The van der Waals surface area contributed by atoms with Gasteiger partial charge < -0.3 is 10.1 Å². The van der Waals surface area contributed by atoms with Crippen LogP contribution in [0.5, 0.6) is 0 Å². The Bertz CT molecular complexity index is 136. The van der Waals surface area contributed by atoms with E-state index in [9.17, 15) is 0 Å². The SMILES string of the molecule is C=CCCCNC1CCOC1C. The minimum Gasteiger partial charge on any atom is -0.377 e. The molecule has 1 N–H and O–H groups in total. The van der Waals surface area contributed by atoms with Crippen LogP contribution in [0.4, 0.5) is 0 Å². The first-order chi connectivity index (χ1) is 5.84. The highest BCUT2D eigenvalue weighted by Crippen LogP contribution is 2.12. The maximum Gasteiger partial charge on any atom is 0.0700 e. The van der Waals surface area contributed by atoms with E-state index in [1.165, 1.54) is 6.42 Å². The lowest BCUT2D eigenvalue weighted by molar-refractivity contribution is 0.113. The van der Waals surface area contributed by atoms with E-state index in [0.717, 1.165) is 26.0 Å². The lowest BCUT2D eigenvalue weighted by Gasteiger charge is -2.15. The summed E-state index contributed by atoms with van der Waals surface area (Å²) in [7, 11) is 0. The first kappa shape index (κ1) is 9.75. The minimum absolute atomic E-state index is 0.397. The smallest absolute Gasteiger partial charge is 0.0700 e. The van der Waals surface area contributed by atoms with E-state index in [1.54, 1.807) is 0 Å². The predicted molar refractivity (Wildman–Crippen MR) is 51.3 cm³/mol. The van der Waals surface area contributed by atoms with Crippen molar-refractivity contribution in [2.75, 3.05) is 13.2 Å². The fourth-order valence-corrected chi connectivity index (χ4v) is 1.53. The lowest BCUT2D eigenvalue weighted by atomic mass is 10.1. The molecule has 1 fully saturated rings. The fraction of sp³-hybridized carbons (Fsp3) is 0.800. The summed E-state index contributed by atoms with van der Waals surface area (Å²) in [6.07, 6.45) is 5.82. The van der Waals surface area contributed by atoms with Crippen LogP contribution in [0.2, 0.25) is 0 Å². The number of hydrogen-bond acceptors (Lipinski definition) is 2. The number of allylic oxidation sites excluding steroid dienone is 1. The van der Waals surface area contributed by atoms with Gasteiger partial charge >= 0.3 is 0 Å². The summed E-state index contributed by atoms with van der Waals surface area (Å²) in [5.41, 5.74) is 0. The first-order valence-electron chi connectivity index (χ1n) is 4.80. The van der Waals surface area contributed by atoms with Crippen molar-refractivity contribution in [3.05, 3.63) is 12.7 Å². The van der Waals surface area contributed by atoms with Crippen LogP contribution < -0.4 is 5.32 Å².